The summed E-state index contributed by atoms with van der Waals surface area (Å²) in [7, 11) is 0. The van der Waals surface area contributed by atoms with Crippen molar-refractivity contribution in [1.29, 1.82) is 0 Å². The SMILES string of the molecule is C=CC(=O)OC1(F)CC(O)(CF)CC(O)(CF)C(F)(F)C(O)(F)C1. The molecule has 140 valence electrons. The van der Waals surface area contributed by atoms with E-state index in [1.54, 1.807) is 0 Å². The summed E-state index contributed by atoms with van der Waals surface area (Å²) in [6, 6.07) is 0. The van der Waals surface area contributed by atoms with Gasteiger partial charge in [0.25, 0.3) is 11.7 Å². The summed E-state index contributed by atoms with van der Waals surface area (Å²) >= 11 is 0. The van der Waals surface area contributed by atoms with E-state index in [1.165, 1.54) is 0 Å². The third-order valence-electron chi connectivity index (χ3n) is 3.70. The minimum Gasteiger partial charge on any atom is -0.425 e. The number of carbonyl (C=O) groups is 1. The molecule has 0 bridgehead atoms. The van der Waals surface area contributed by atoms with Crippen molar-refractivity contribution >= 4 is 5.97 Å². The second kappa shape index (κ2) is 6.19. The Bertz CT molecular complexity index is 515. The van der Waals surface area contributed by atoms with Crippen LogP contribution in [0.3, 0.4) is 0 Å². The summed E-state index contributed by atoms with van der Waals surface area (Å²) in [6.45, 7) is -1.44. The zero-order valence-electron chi connectivity index (χ0n) is 12.2. The Morgan fingerprint density at radius 1 is 1.04 bits per heavy atom. The van der Waals surface area contributed by atoms with Crippen LogP contribution >= 0.6 is 0 Å². The molecular weight excluding hydrogens is 350 g/mol. The number of rotatable bonds is 4. The molecule has 0 saturated heterocycles. The van der Waals surface area contributed by atoms with Crippen LogP contribution in [0, 0.1) is 0 Å². The molecule has 1 aliphatic rings. The minimum atomic E-state index is -5.36. The number of esters is 1. The lowest BCUT2D eigenvalue weighted by Gasteiger charge is -2.48. The lowest BCUT2D eigenvalue weighted by atomic mass is 9.73. The highest BCUT2D eigenvalue weighted by molar-refractivity contribution is 5.81. The Labute approximate surface area is 132 Å². The highest BCUT2D eigenvalue weighted by Gasteiger charge is 2.73. The maximum absolute atomic E-state index is 14.6. The van der Waals surface area contributed by atoms with E-state index in [2.05, 4.69) is 11.3 Å². The summed E-state index contributed by atoms with van der Waals surface area (Å²) in [5.41, 5.74) is -7.15. The number of hydrogen-bond donors (Lipinski definition) is 3. The topological polar surface area (TPSA) is 87.0 Å². The molecule has 5 nitrogen and oxygen atoms in total. The standard InChI is InChI=1S/C13H16F6O5/c1-2-8(20)24-11(16)4-9(21,6-14)3-10(22,7-15)13(18,19)12(17,23)5-11/h2,21-23H,1,3-7H2. The first kappa shape index (κ1) is 20.7. The van der Waals surface area contributed by atoms with Crippen molar-refractivity contribution in [2.24, 2.45) is 0 Å². The second-order valence-corrected chi connectivity index (χ2v) is 5.90. The fourth-order valence-corrected chi connectivity index (χ4v) is 2.61. The average Bonchev–Trinajstić information content (AvgIpc) is 2.44. The lowest BCUT2D eigenvalue weighted by Crippen LogP contribution is -2.68. The maximum atomic E-state index is 14.6. The van der Waals surface area contributed by atoms with Crippen LogP contribution in [0.5, 0.6) is 0 Å². The van der Waals surface area contributed by atoms with Gasteiger partial charge in [-0.3, -0.25) is 0 Å². The van der Waals surface area contributed by atoms with Gasteiger partial charge in [-0.1, -0.05) is 6.58 Å². The van der Waals surface area contributed by atoms with Crippen LogP contribution in [-0.4, -0.2) is 63.5 Å². The molecule has 0 spiro atoms. The Morgan fingerprint density at radius 2 is 1.58 bits per heavy atom. The van der Waals surface area contributed by atoms with Crippen LogP contribution in [-0.2, 0) is 9.53 Å². The quantitative estimate of drug-likeness (QED) is 0.396. The van der Waals surface area contributed by atoms with Crippen LogP contribution in [0.4, 0.5) is 26.3 Å². The molecule has 1 fully saturated rings. The van der Waals surface area contributed by atoms with Crippen molar-refractivity contribution in [3.05, 3.63) is 12.7 Å². The summed E-state index contributed by atoms with van der Waals surface area (Å²) in [6.07, 6.45) is -5.44. The molecule has 0 radical (unpaired) electrons. The number of halogens is 6. The van der Waals surface area contributed by atoms with E-state index in [0.29, 0.717) is 6.08 Å². The molecule has 24 heavy (non-hydrogen) atoms. The van der Waals surface area contributed by atoms with Gasteiger partial charge in [0.05, 0.1) is 6.42 Å². The van der Waals surface area contributed by atoms with Crippen LogP contribution in [0.2, 0.25) is 0 Å². The number of carbonyl (C=O) groups excluding carboxylic acids is 1. The second-order valence-electron chi connectivity index (χ2n) is 5.90. The number of ether oxygens (including phenoxy) is 1. The van der Waals surface area contributed by atoms with Crippen molar-refractivity contribution in [2.45, 2.75) is 48.1 Å². The predicted octanol–water partition coefficient (Wildman–Crippen LogP) is 1.26. The molecule has 0 amide bonds. The zero-order valence-corrected chi connectivity index (χ0v) is 12.2. The van der Waals surface area contributed by atoms with Gasteiger partial charge < -0.3 is 20.1 Å². The normalized spacial score (nSPS) is 42.7. The molecular formula is C13H16F6O5. The smallest absolute Gasteiger partial charge is 0.336 e. The monoisotopic (exact) mass is 366 g/mol. The van der Waals surface area contributed by atoms with Crippen molar-refractivity contribution < 1.29 is 51.2 Å². The van der Waals surface area contributed by atoms with Gasteiger partial charge in [0.2, 0.25) is 0 Å². The van der Waals surface area contributed by atoms with Gasteiger partial charge in [-0.2, -0.15) is 13.2 Å². The average molecular weight is 366 g/mol. The first-order valence-electron chi connectivity index (χ1n) is 6.60. The largest absolute Gasteiger partial charge is 0.425 e. The van der Waals surface area contributed by atoms with Crippen molar-refractivity contribution in [2.75, 3.05) is 13.3 Å². The molecule has 0 aliphatic heterocycles. The van der Waals surface area contributed by atoms with Crippen LogP contribution < -0.4 is 0 Å². The van der Waals surface area contributed by atoms with Crippen LogP contribution in [0.15, 0.2) is 12.7 Å². The van der Waals surface area contributed by atoms with E-state index in [0.717, 1.165) is 0 Å². The lowest BCUT2D eigenvalue weighted by molar-refractivity contribution is -0.362. The molecule has 1 rings (SSSR count). The van der Waals surface area contributed by atoms with E-state index in [9.17, 15) is 46.5 Å². The molecule has 11 heteroatoms. The minimum absolute atomic E-state index is 0.377. The van der Waals surface area contributed by atoms with Crippen LogP contribution in [0.1, 0.15) is 19.3 Å². The Kier molecular flexibility index (Phi) is 5.34. The molecule has 0 aromatic carbocycles. The fourth-order valence-electron chi connectivity index (χ4n) is 2.61. The highest BCUT2D eigenvalue weighted by Crippen LogP contribution is 2.52. The molecule has 4 unspecified atom stereocenters. The number of aliphatic hydroxyl groups is 3. The predicted molar refractivity (Wildman–Crippen MR) is 66.8 cm³/mol. The van der Waals surface area contributed by atoms with E-state index in [-0.39, 0.29) is 0 Å². The van der Waals surface area contributed by atoms with E-state index >= 15 is 0 Å². The van der Waals surface area contributed by atoms with Gasteiger partial charge in [-0.25, -0.2) is 18.0 Å². The van der Waals surface area contributed by atoms with Gasteiger partial charge in [0, 0.05) is 18.9 Å². The third-order valence-corrected chi connectivity index (χ3v) is 3.70. The number of alkyl halides is 6. The number of hydrogen-bond acceptors (Lipinski definition) is 5. The van der Waals surface area contributed by atoms with Gasteiger partial charge >= 0.3 is 11.9 Å². The van der Waals surface area contributed by atoms with Crippen molar-refractivity contribution in [1.82, 2.24) is 0 Å². The van der Waals surface area contributed by atoms with E-state index < -0.39 is 67.4 Å². The summed E-state index contributed by atoms with van der Waals surface area (Å²) in [5, 5.41) is 28.8. The Hall–Kier alpha value is -1.33. The first-order chi connectivity index (χ1) is 10.7. The van der Waals surface area contributed by atoms with Gasteiger partial charge in [-0.05, 0) is 0 Å². The Morgan fingerprint density at radius 3 is 2.00 bits per heavy atom. The van der Waals surface area contributed by atoms with Crippen molar-refractivity contribution in [3.63, 3.8) is 0 Å². The maximum Gasteiger partial charge on any atom is 0.336 e. The molecule has 1 aliphatic carbocycles. The van der Waals surface area contributed by atoms with Gasteiger partial charge in [0.15, 0.2) is 5.60 Å². The molecule has 3 N–H and O–H groups in total. The molecule has 4 atom stereocenters. The van der Waals surface area contributed by atoms with Crippen molar-refractivity contribution in [3.8, 4) is 0 Å². The van der Waals surface area contributed by atoms with E-state index in [1.807, 2.05) is 0 Å². The van der Waals surface area contributed by atoms with E-state index in [4.69, 9.17) is 0 Å². The molecule has 0 aromatic heterocycles. The fraction of sp³-hybridized carbons (Fsp3) is 0.769. The van der Waals surface area contributed by atoms with Gasteiger partial charge in [-0.15, -0.1) is 0 Å². The highest BCUT2D eigenvalue weighted by atomic mass is 19.3. The van der Waals surface area contributed by atoms with Crippen LogP contribution in [0.25, 0.3) is 0 Å². The first-order valence-corrected chi connectivity index (χ1v) is 6.60. The summed E-state index contributed by atoms with van der Waals surface area (Å²) < 4.78 is 86.7. The Balaban J connectivity index is 3.45. The van der Waals surface area contributed by atoms with Gasteiger partial charge in [0.1, 0.15) is 19.0 Å². The molecule has 1 saturated carbocycles. The summed E-state index contributed by atoms with van der Waals surface area (Å²) in [5.74, 6) is -15.6. The summed E-state index contributed by atoms with van der Waals surface area (Å²) in [4.78, 5) is 11.1. The third kappa shape index (κ3) is 3.52. The molecule has 0 heterocycles. The zero-order chi connectivity index (χ0) is 19.0. The molecule has 0 aromatic rings.